The Bertz CT molecular complexity index is 652. The van der Waals surface area contributed by atoms with Gasteiger partial charge in [0.1, 0.15) is 5.82 Å². The first-order chi connectivity index (χ1) is 13.0. The lowest BCUT2D eigenvalue weighted by atomic mass is 9.85. The topological polar surface area (TPSA) is 61.6 Å². The van der Waals surface area contributed by atoms with Crippen LogP contribution in [-0.4, -0.2) is 50.1 Å². The van der Waals surface area contributed by atoms with Crippen LogP contribution in [0.5, 0.6) is 0 Å². The van der Waals surface area contributed by atoms with Crippen molar-refractivity contribution >= 4 is 11.6 Å². The number of hydrogen-bond donors (Lipinski definition) is 2. The van der Waals surface area contributed by atoms with E-state index in [0.717, 1.165) is 69.7 Å². The summed E-state index contributed by atoms with van der Waals surface area (Å²) in [5.41, 5.74) is 7.36. The smallest absolute Gasteiger partial charge is 0.227 e. The van der Waals surface area contributed by atoms with E-state index in [0.29, 0.717) is 6.54 Å². The van der Waals surface area contributed by atoms with Crippen molar-refractivity contribution in [3.8, 4) is 0 Å². The molecular formula is C21H33FN4O. The molecule has 2 aliphatic rings. The molecule has 3 rings (SSSR count). The molecule has 0 radical (unpaired) electrons. The standard InChI is InChI=1S/C21H33FN4O/c1-3-25-10-12-26(13-11-25)19-7-6-17(22)14-18(19)16(2)24-20(27)21(15-23)8-4-5-9-21/h6-7,14,16H,3-5,8-13,15,23H2,1-2H3,(H,24,27). The fraction of sp³-hybridized carbons (Fsp3) is 0.667. The van der Waals surface area contributed by atoms with Gasteiger partial charge in [-0.2, -0.15) is 0 Å². The van der Waals surface area contributed by atoms with Gasteiger partial charge in [0.05, 0.1) is 11.5 Å². The molecule has 1 amide bonds. The third-order valence-electron chi connectivity index (χ3n) is 6.40. The van der Waals surface area contributed by atoms with Gasteiger partial charge in [-0.05, 0) is 44.5 Å². The van der Waals surface area contributed by atoms with Gasteiger partial charge in [-0.1, -0.05) is 19.8 Å². The molecule has 1 saturated carbocycles. The van der Waals surface area contributed by atoms with Crippen LogP contribution >= 0.6 is 0 Å². The average molecular weight is 377 g/mol. The van der Waals surface area contributed by atoms with Crippen molar-refractivity contribution in [3.63, 3.8) is 0 Å². The van der Waals surface area contributed by atoms with Gasteiger partial charge in [-0.25, -0.2) is 4.39 Å². The zero-order valence-corrected chi connectivity index (χ0v) is 16.6. The monoisotopic (exact) mass is 376 g/mol. The Labute approximate surface area is 162 Å². The van der Waals surface area contributed by atoms with Gasteiger partial charge in [-0.15, -0.1) is 0 Å². The van der Waals surface area contributed by atoms with Crippen molar-refractivity contribution < 1.29 is 9.18 Å². The summed E-state index contributed by atoms with van der Waals surface area (Å²) in [5, 5.41) is 3.13. The summed E-state index contributed by atoms with van der Waals surface area (Å²) in [4.78, 5) is 17.6. The first-order valence-electron chi connectivity index (χ1n) is 10.3. The van der Waals surface area contributed by atoms with Crippen molar-refractivity contribution in [2.24, 2.45) is 11.1 Å². The third kappa shape index (κ3) is 4.27. The fourth-order valence-corrected chi connectivity index (χ4v) is 4.47. The highest BCUT2D eigenvalue weighted by Crippen LogP contribution is 2.38. The van der Waals surface area contributed by atoms with E-state index in [1.165, 1.54) is 6.07 Å². The second kappa shape index (κ2) is 8.57. The van der Waals surface area contributed by atoms with E-state index in [9.17, 15) is 9.18 Å². The third-order valence-corrected chi connectivity index (χ3v) is 6.40. The van der Waals surface area contributed by atoms with E-state index in [2.05, 4.69) is 22.0 Å². The zero-order chi connectivity index (χ0) is 19.4. The van der Waals surface area contributed by atoms with Gasteiger partial charge in [0.15, 0.2) is 0 Å². The molecule has 1 aromatic rings. The fourth-order valence-electron chi connectivity index (χ4n) is 4.47. The van der Waals surface area contributed by atoms with Crippen molar-refractivity contribution in [2.45, 2.75) is 45.6 Å². The highest BCUT2D eigenvalue weighted by Gasteiger charge is 2.40. The van der Waals surface area contributed by atoms with Crippen molar-refractivity contribution in [1.29, 1.82) is 0 Å². The number of carbonyl (C=O) groups excluding carboxylic acids is 1. The van der Waals surface area contributed by atoms with Gasteiger partial charge in [0.25, 0.3) is 0 Å². The van der Waals surface area contributed by atoms with Gasteiger partial charge < -0.3 is 20.9 Å². The zero-order valence-electron chi connectivity index (χ0n) is 16.6. The Morgan fingerprint density at radius 3 is 2.52 bits per heavy atom. The predicted molar refractivity (Wildman–Crippen MR) is 107 cm³/mol. The first kappa shape index (κ1) is 20.1. The summed E-state index contributed by atoms with van der Waals surface area (Å²) in [5.74, 6) is -0.252. The minimum absolute atomic E-state index is 0.0148. The van der Waals surface area contributed by atoms with Crippen LogP contribution in [0.4, 0.5) is 10.1 Å². The summed E-state index contributed by atoms with van der Waals surface area (Å²) in [6, 6.07) is 4.67. The Hall–Kier alpha value is -1.66. The van der Waals surface area contributed by atoms with Crippen LogP contribution in [0, 0.1) is 11.2 Å². The van der Waals surface area contributed by atoms with Crippen molar-refractivity contribution in [2.75, 3.05) is 44.2 Å². The molecule has 1 aliphatic carbocycles. The van der Waals surface area contributed by atoms with Crippen LogP contribution in [0.2, 0.25) is 0 Å². The number of anilines is 1. The molecule has 150 valence electrons. The van der Waals surface area contributed by atoms with Crippen molar-refractivity contribution in [1.82, 2.24) is 10.2 Å². The number of rotatable bonds is 6. The minimum Gasteiger partial charge on any atom is -0.369 e. The molecule has 1 heterocycles. The molecule has 2 fully saturated rings. The molecule has 1 aromatic carbocycles. The summed E-state index contributed by atoms with van der Waals surface area (Å²) < 4.78 is 14.0. The van der Waals surface area contributed by atoms with E-state index in [1.807, 2.05) is 13.0 Å². The van der Waals surface area contributed by atoms with Gasteiger partial charge >= 0.3 is 0 Å². The molecular weight excluding hydrogens is 343 g/mol. The summed E-state index contributed by atoms with van der Waals surface area (Å²) >= 11 is 0. The second-order valence-corrected chi connectivity index (χ2v) is 8.01. The Balaban J connectivity index is 1.77. The molecule has 6 heteroatoms. The minimum atomic E-state index is -0.450. The second-order valence-electron chi connectivity index (χ2n) is 8.01. The number of benzene rings is 1. The Kier molecular flexibility index (Phi) is 6.37. The maximum absolute atomic E-state index is 14.0. The predicted octanol–water partition coefficient (Wildman–Crippen LogP) is 2.66. The Morgan fingerprint density at radius 2 is 1.93 bits per heavy atom. The number of halogens is 1. The van der Waals surface area contributed by atoms with E-state index in [-0.39, 0.29) is 17.8 Å². The Morgan fingerprint density at radius 1 is 1.26 bits per heavy atom. The molecule has 0 aromatic heterocycles. The largest absolute Gasteiger partial charge is 0.369 e. The molecule has 1 atom stereocenters. The molecule has 1 saturated heterocycles. The van der Waals surface area contributed by atoms with E-state index in [4.69, 9.17) is 5.73 Å². The molecule has 0 bridgehead atoms. The number of likely N-dealkylation sites (N-methyl/N-ethyl adjacent to an activating group) is 1. The number of nitrogens with zero attached hydrogens (tertiary/aromatic N) is 2. The molecule has 1 unspecified atom stereocenters. The lowest BCUT2D eigenvalue weighted by molar-refractivity contribution is -0.131. The van der Waals surface area contributed by atoms with Gasteiger partial charge in [0.2, 0.25) is 5.91 Å². The number of carbonyl (C=O) groups is 1. The van der Waals surface area contributed by atoms with Crippen LogP contribution < -0.4 is 16.0 Å². The van der Waals surface area contributed by atoms with Crippen LogP contribution in [0.1, 0.15) is 51.1 Å². The number of hydrogen-bond acceptors (Lipinski definition) is 4. The van der Waals surface area contributed by atoms with Crippen LogP contribution in [-0.2, 0) is 4.79 Å². The number of amides is 1. The summed E-state index contributed by atoms with van der Waals surface area (Å²) in [7, 11) is 0. The highest BCUT2D eigenvalue weighted by atomic mass is 19.1. The normalized spacial score (nSPS) is 21.3. The molecule has 1 aliphatic heterocycles. The van der Waals surface area contributed by atoms with Crippen LogP contribution in [0.3, 0.4) is 0 Å². The van der Waals surface area contributed by atoms with Crippen LogP contribution in [0.15, 0.2) is 18.2 Å². The summed E-state index contributed by atoms with van der Waals surface area (Å²) in [6.45, 7) is 9.39. The lowest BCUT2D eigenvalue weighted by Gasteiger charge is -2.37. The molecule has 27 heavy (non-hydrogen) atoms. The van der Waals surface area contributed by atoms with Gasteiger partial charge in [0, 0.05) is 44.0 Å². The SMILES string of the molecule is CCN1CCN(c2ccc(F)cc2C(C)NC(=O)C2(CN)CCCC2)CC1. The maximum Gasteiger partial charge on any atom is 0.227 e. The number of piperazine rings is 1. The quantitative estimate of drug-likeness (QED) is 0.801. The maximum atomic E-state index is 14.0. The van der Waals surface area contributed by atoms with E-state index < -0.39 is 5.41 Å². The highest BCUT2D eigenvalue weighted by molar-refractivity contribution is 5.83. The molecule has 5 nitrogen and oxygen atoms in total. The molecule has 0 spiro atoms. The molecule has 3 N–H and O–H groups in total. The number of nitrogens with two attached hydrogens (primary N) is 1. The average Bonchev–Trinajstić information content (AvgIpc) is 3.18. The van der Waals surface area contributed by atoms with E-state index >= 15 is 0 Å². The number of nitrogens with one attached hydrogen (secondary N) is 1. The first-order valence-corrected chi connectivity index (χ1v) is 10.3. The van der Waals surface area contributed by atoms with Crippen LogP contribution in [0.25, 0.3) is 0 Å². The van der Waals surface area contributed by atoms with E-state index in [1.54, 1.807) is 6.07 Å². The summed E-state index contributed by atoms with van der Waals surface area (Å²) in [6.07, 6.45) is 3.78. The van der Waals surface area contributed by atoms with Gasteiger partial charge in [-0.3, -0.25) is 4.79 Å². The van der Waals surface area contributed by atoms with Crippen molar-refractivity contribution in [3.05, 3.63) is 29.6 Å². The lowest BCUT2D eigenvalue weighted by Crippen LogP contribution is -2.47.